The van der Waals surface area contributed by atoms with Crippen molar-refractivity contribution in [3.63, 3.8) is 0 Å². The smallest absolute Gasteiger partial charge is 0.330 e. The number of nitrogens with two attached hydrogens (primary N) is 1. The summed E-state index contributed by atoms with van der Waals surface area (Å²) in [6.07, 6.45) is 3.25. The Morgan fingerprint density at radius 2 is 2.36 bits per heavy atom. The van der Waals surface area contributed by atoms with Crippen LogP contribution in [0.25, 0.3) is 0 Å². The van der Waals surface area contributed by atoms with Gasteiger partial charge in [0, 0.05) is 11.3 Å². The van der Waals surface area contributed by atoms with E-state index in [1.54, 1.807) is 19.1 Å². The van der Waals surface area contributed by atoms with Crippen molar-refractivity contribution in [1.82, 2.24) is 0 Å². The lowest BCUT2D eigenvalue weighted by molar-refractivity contribution is -0.132. The number of aliphatic carboxylic acids is 1. The van der Waals surface area contributed by atoms with Crippen LogP contribution in [0, 0.1) is 0 Å². The molecule has 0 fully saturated rings. The summed E-state index contributed by atoms with van der Waals surface area (Å²) in [4.78, 5) is 14.3. The zero-order valence-electron chi connectivity index (χ0n) is 8.06. The van der Waals surface area contributed by atoms with Crippen molar-refractivity contribution < 1.29 is 9.90 Å². The average Bonchev–Trinajstić information content (AvgIpc) is 2.14. The molecule has 0 saturated carbocycles. The molecule has 0 aromatic carbocycles. The van der Waals surface area contributed by atoms with Crippen molar-refractivity contribution in [2.45, 2.75) is 6.92 Å². The number of rotatable bonds is 5. The van der Waals surface area contributed by atoms with Gasteiger partial charge in [-0.05, 0) is 6.92 Å². The number of hydrogen-bond donors (Lipinski definition) is 2. The molecule has 0 atom stereocenters. The van der Waals surface area contributed by atoms with Crippen molar-refractivity contribution >= 4 is 22.9 Å². The molecule has 0 rings (SSSR count). The summed E-state index contributed by atoms with van der Waals surface area (Å²) in [6, 6.07) is 0. The fraction of sp³-hybridized carbons (Fsp3) is 0.333. The predicted molar refractivity (Wildman–Crippen MR) is 60.5 cm³/mol. The van der Waals surface area contributed by atoms with Crippen molar-refractivity contribution in [3.05, 3.63) is 24.3 Å². The molecule has 5 heteroatoms. The summed E-state index contributed by atoms with van der Waals surface area (Å²) in [5, 5.41) is 8.98. The minimum absolute atomic E-state index is 0.314. The van der Waals surface area contributed by atoms with E-state index in [1.807, 2.05) is 0 Å². The summed E-state index contributed by atoms with van der Waals surface area (Å²) in [5.74, 6) is -0.392. The normalized spacial score (nSPS) is 12.6. The second-order valence-corrected chi connectivity index (χ2v) is 3.51. The van der Waals surface area contributed by atoms with E-state index in [9.17, 15) is 4.79 Å². The highest BCUT2D eigenvalue weighted by Gasteiger charge is 1.98. The second-order valence-electron chi connectivity index (χ2n) is 2.47. The monoisotopic (exact) mass is 214 g/mol. The third-order valence-electron chi connectivity index (χ3n) is 1.33. The zero-order valence-corrected chi connectivity index (χ0v) is 8.88. The SMILES string of the molecule is C=CCN=C(N)SCC=C(C)C(=O)O. The molecule has 0 aromatic heterocycles. The van der Waals surface area contributed by atoms with E-state index in [4.69, 9.17) is 10.8 Å². The Hall–Kier alpha value is -1.23. The number of carboxylic acids is 1. The number of nitrogens with zero attached hydrogens (tertiary/aromatic N) is 1. The highest BCUT2D eigenvalue weighted by Crippen LogP contribution is 2.03. The van der Waals surface area contributed by atoms with E-state index in [2.05, 4.69) is 11.6 Å². The summed E-state index contributed by atoms with van der Waals surface area (Å²) in [7, 11) is 0. The maximum Gasteiger partial charge on any atom is 0.330 e. The van der Waals surface area contributed by atoms with E-state index < -0.39 is 5.97 Å². The fourth-order valence-electron chi connectivity index (χ4n) is 0.540. The maximum absolute atomic E-state index is 10.4. The predicted octanol–water partition coefficient (Wildman–Crippen LogP) is 1.25. The molecule has 0 saturated heterocycles. The van der Waals surface area contributed by atoms with Crippen molar-refractivity contribution in [3.8, 4) is 0 Å². The van der Waals surface area contributed by atoms with Crippen molar-refractivity contribution in [2.24, 2.45) is 10.7 Å². The molecule has 0 amide bonds. The first kappa shape index (κ1) is 12.8. The molecule has 3 N–H and O–H groups in total. The molecule has 78 valence electrons. The molecule has 0 aliphatic rings. The van der Waals surface area contributed by atoms with E-state index >= 15 is 0 Å². The summed E-state index contributed by atoms with van der Waals surface area (Å²) in [6.45, 7) is 5.53. The number of carboxylic acid groups (broad SMARTS) is 1. The summed E-state index contributed by atoms with van der Waals surface area (Å²) in [5.41, 5.74) is 5.82. The molecule has 0 aliphatic heterocycles. The molecular weight excluding hydrogens is 200 g/mol. The Labute approximate surface area is 87.6 Å². The number of hydrogen-bond acceptors (Lipinski definition) is 3. The lowest BCUT2D eigenvalue weighted by atomic mass is 10.3. The largest absolute Gasteiger partial charge is 0.478 e. The van der Waals surface area contributed by atoms with Gasteiger partial charge in [0.2, 0.25) is 0 Å². The highest BCUT2D eigenvalue weighted by molar-refractivity contribution is 8.13. The van der Waals surface area contributed by atoms with Gasteiger partial charge in [0.1, 0.15) is 0 Å². The minimum Gasteiger partial charge on any atom is -0.478 e. The lowest BCUT2D eigenvalue weighted by Crippen LogP contribution is -2.07. The third-order valence-corrected chi connectivity index (χ3v) is 2.09. The third kappa shape index (κ3) is 6.30. The Bertz CT molecular complexity index is 272. The van der Waals surface area contributed by atoms with E-state index in [0.29, 0.717) is 23.0 Å². The number of thioether (sulfide) groups is 1. The molecule has 0 bridgehead atoms. The fourth-order valence-corrected chi connectivity index (χ4v) is 1.21. The molecule has 0 unspecified atom stereocenters. The van der Waals surface area contributed by atoms with Crippen molar-refractivity contribution in [1.29, 1.82) is 0 Å². The Kier molecular flexibility index (Phi) is 6.57. The second kappa shape index (κ2) is 7.20. The standard InChI is InChI=1S/C9H14N2O2S/c1-3-5-11-9(10)14-6-4-7(2)8(12)13/h3-4H,1,5-6H2,2H3,(H2,10,11)(H,12,13). The van der Waals surface area contributed by atoms with Gasteiger partial charge in [-0.3, -0.25) is 4.99 Å². The van der Waals surface area contributed by atoms with Crippen LogP contribution < -0.4 is 5.73 Å². The van der Waals surface area contributed by atoms with Crippen LogP contribution in [0.4, 0.5) is 0 Å². The molecule has 0 heterocycles. The van der Waals surface area contributed by atoms with Gasteiger partial charge in [0.05, 0.1) is 6.54 Å². The van der Waals surface area contributed by atoms with Gasteiger partial charge in [-0.2, -0.15) is 0 Å². The molecule has 0 radical (unpaired) electrons. The van der Waals surface area contributed by atoms with Crippen LogP contribution in [-0.4, -0.2) is 28.5 Å². The van der Waals surface area contributed by atoms with Crippen molar-refractivity contribution in [2.75, 3.05) is 12.3 Å². The van der Waals surface area contributed by atoms with E-state index in [0.717, 1.165) is 0 Å². The van der Waals surface area contributed by atoms with Crippen LogP contribution in [0.3, 0.4) is 0 Å². The highest BCUT2D eigenvalue weighted by atomic mass is 32.2. The van der Waals surface area contributed by atoms with Gasteiger partial charge in [0.25, 0.3) is 0 Å². The minimum atomic E-state index is -0.910. The Morgan fingerprint density at radius 3 is 2.86 bits per heavy atom. The number of amidine groups is 1. The molecule has 0 aromatic rings. The number of aliphatic imine (C=N–C) groups is 1. The van der Waals surface area contributed by atoms with Crippen LogP contribution in [0.2, 0.25) is 0 Å². The van der Waals surface area contributed by atoms with E-state index in [-0.39, 0.29) is 0 Å². The summed E-state index contributed by atoms with van der Waals surface area (Å²) < 4.78 is 0. The van der Waals surface area contributed by atoms with Crippen LogP contribution >= 0.6 is 11.8 Å². The molecular formula is C9H14N2O2S. The van der Waals surface area contributed by atoms with Gasteiger partial charge < -0.3 is 10.8 Å². The quantitative estimate of drug-likeness (QED) is 0.312. The molecule has 14 heavy (non-hydrogen) atoms. The zero-order chi connectivity index (χ0) is 11.0. The Morgan fingerprint density at radius 1 is 1.71 bits per heavy atom. The van der Waals surface area contributed by atoms with Crippen LogP contribution in [0.5, 0.6) is 0 Å². The Balaban J connectivity index is 3.89. The van der Waals surface area contributed by atoms with Crippen LogP contribution in [0.1, 0.15) is 6.92 Å². The van der Waals surface area contributed by atoms with Gasteiger partial charge in [0.15, 0.2) is 5.17 Å². The topological polar surface area (TPSA) is 75.7 Å². The first-order valence-electron chi connectivity index (χ1n) is 4.01. The first-order chi connectivity index (χ1) is 6.57. The summed E-state index contributed by atoms with van der Waals surface area (Å²) >= 11 is 1.30. The molecule has 0 spiro atoms. The van der Waals surface area contributed by atoms with Gasteiger partial charge >= 0.3 is 5.97 Å². The first-order valence-corrected chi connectivity index (χ1v) is 5.00. The number of carbonyl (C=O) groups is 1. The van der Waals surface area contributed by atoms with Gasteiger partial charge in [-0.15, -0.1) is 6.58 Å². The van der Waals surface area contributed by atoms with Crippen LogP contribution in [-0.2, 0) is 4.79 Å². The van der Waals surface area contributed by atoms with Gasteiger partial charge in [-0.1, -0.05) is 23.9 Å². The maximum atomic E-state index is 10.4. The molecule has 0 aliphatic carbocycles. The lowest BCUT2D eigenvalue weighted by Gasteiger charge is -1.96. The van der Waals surface area contributed by atoms with E-state index in [1.165, 1.54) is 11.8 Å². The average molecular weight is 214 g/mol. The molecule has 4 nitrogen and oxygen atoms in total. The van der Waals surface area contributed by atoms with Gasteiger partial charge in [-0.25, -0.2) is 4.79 Å². The van der Waals surface area contributed by atoms with Crippen LogP contribution in [0.15, 0.2) is 29.3 Å².